The van der Waals surface area contributed by atoms with Gasteiger partial charge in [-0.15, -0.1) is 11.3 Å². The van der Waals surface area contributed by atoms with Crippen LogP contribution < -0.4 is 5.32 Å². The van der Waals surface area contributed by atoms with E-state index in [9.17, 15) is 14.4 Å². The Morgan fingerprint density at radius 3 is 2.70 bits per heavy atom. The zero-order valence-electron chi connectivity index (χ0n) is 18.6. The van der Waals surface area contributed by atoms with Crippen LogP contribution in [0.25, 0.3) is 11.1 Å². The van der Waals surface area contributed by atoms with Crippen LogP contribution >= 0.6 is 11.3 Å². The van der Waals surface area contributed by atoms with Gasteiger partial charge in [0.05, 0.1) is 18.2 Å². The fourth-order valence-corrected chi connectivity index (χ4v) is 5.36. The van der Waals surface area contributed by atoms with Gasteiger partial charge in [0.15, 0.2) is 18.1 Å². The van der Waals surface area contributed by atoms with E-state index in [0.717, 1.165) is 49.0 Å². The van der Waals surface area contributed by atoms with Crippen LogP contribution in [-0.4, -0.2) is 36.0 Å². The first-order valence-electron chi connectivity index (χ1n) is 11.1. The maximum atomic E-state index is 13.1. The van der Waals surface area contributed by atoms with Gasteiger partial charge in [0.2, 0.25) is 0 Å². The topological polar surface area (TPSA) is 108 Å². The summed E-state index contributed by atoms with van der Waals surface area (Å²) >= 11 is 1.41. The van der Waals surface area contributed by atoms with E-state index in [4.69, 9.17) is 13.9 Å². The molecule has 1 amide bonds. The lowest BCUT2D eigenvalue weighted by Crippen LogP contribution is -2.32. The van der Waals surface area contributed by atoms with Gasteiger partial charge in [0.1, 0.15) is 10.5 Å². The molecule has 0 radical (unpaired) electrons. The number of carbonyl (C=O) groups excluding carboxylic acids is 3. The van der Waals surface area contributed by atoms with Crippen molar-refractivity contribution in [3.05, 3.63) is 46.2 Å². The van der Waals surface area contributed by atoms with E-state index in [1.807, 2.05) is 0 Å². The van der Waals surface area contributed by atoms with Crippen molar-refractivity contribution in [2.75, 3.05) is 12.4 Å². The number of nitrogens with zero attached hydrogens (tertiary/aromatic N) is 1. The Hall–Kier alpha value is -3.20. The Labute approximate surface area is 195 Å². The quantitative estimate of drug-likeness (QED) is 0.510. The Morgan fingerprint density at radius 2 is 1.94 bits per heavy atom. The molecule has 174 valence electrons. The summed E-state index contributed by atoms with van der Waals surface area (Å²) in [5, 5.41) is 3.28. The molecule has 1 aliphatic rings. The number of hydrogen-bond acceptors (Lipinski definition) is 8. The zero-order valence-corrected chi connectivity index (χ0v) is 19.5. The molecule has 0 saturated heterocycles. The number of benzene rings is 1. The number of amides is 1. The molecule has 8 nitrogen and oxygen atoms in total. The molecule has 0 aliphatic heterocycles. The third-order valence-electron chi connectivity index (χ3n) is 5.79. The summed E-state index contributed by atoms with van der Waals surface area (Å²) in [6, 6.07) is 4.93. The van der Waals surface area contributed by atoms with Crippen molar-refractivity contribution in [1.29, 1.82) is 0 Å². The molecule has 2 heterocycles. The molecule has 9 heteroatoms. The van der Waals surface area contributed by atoms with Crippen LogP contribution in [0.4, 0.5) is 5.00 Å². The van der Waals surface area contributed by atoms with Crippen molar-refractivity contribution in [3.63, 3.8) is 0 Å². The highest BCUT2D eigenvalue weighted by molar-refractivity contribution is 7.17. The maximum absolute atomic E-state index is 13.1. The smallest absolute Gasteiger partial charge is 0.341 e. The highest BCUT2D eigenvalue weighted by Gasteiger charge is 2.29. The summed E-state index contributed by atoms with van der Waals surface area (Å²) in [5.74, 6) is -1.62. The number of ether oxygens (including phenoxy) is 2. The molecular formula is C24H26N2O6S. The molecule has 4 rings (SSSR count). The third kappa shape index (κ3) is 4.78. The predicted molar refractivity (Wildman–Crippen MR) is 124 cm³/mol. The fraction of sp³-hybridized carbons (Fsp3) is 0.417. The number of esters is 2. The molecule has 33 heavy (non-hydrogen) atoms. The minimum Gasteiger partial charge on any atom is -0.465 e. The molecule has 3 aromatic rings. The minimum absolute atomic E-state index is 0.224. The SMILES string of the molecule is CCC(OC(=O)c1cccc2ocnc12)C(=O)Nc1sc2c(c1C(=O)OC)CCCCCC2. The van der Waals surface area contributed by atoms with E-state index < -0.39 is 23.9 Å². The summed E-state index contributed by atoms with van der Waals surface area (Å²) in [4.78, 5) is 43.6. The van der Waals surface area contributed by atoms with Gasteiger partial charge in [-0.1, -0.05) is 25.8 Å². The Morgan fingerprint density at radius 1 is 1.15 bits per heavy atom. The summed E-state index contributed by atoms with van der Waals surface area (Å²) < 4.78 is 15.8. The second-order valence-electron chi connectivity index (χ2n) is 7.91. The monoisotopic (exact) mass is 470 g/mol. The minimum atomic E-state index is -1.03. The first-order valence-corrected chi connectivity index (χ1v) is 11.9. The number of hydrogen-bond donors (Lipinski definition) is 1. The lowest BCUT2D eigenvalue weighted by molar-refractivity contribution is -0.124. The molecule has 1 aromatic carbocycles. The molecule has 2 aromatic heterocycles. The Bertz CT molecular complexity index is 1180. The third-order valence-corrected chi connectivity index (χ3v) is 7.00. The second-order valence-corrected chi connectivity index (χ2v) is 9.02. The maximum Gasteiger partial charge on any atom is 0.341 e. The van der Waals surface area contributed by atoms with Crippen LogP contribution in [0.1, 0.15) is 70.2 Å². The summed E-state index contributed by atoms with van der Waals surface area (Å²) in [7, 11) is 1.34. The van der Waals surface area contributed by atoms with Crippen LogP contribution in [0.2, 0.25) is 0 Å². The number of anilines is 1. The number of fused-ring (bicyclic) bond motifs is 2. The number of aryl methyl sites for hydroxylation is 1. The molecule has 1 aliphatic carbocycles. The average molecular weight is 471 g/mol. The number of oxazole rings is 1. The van der Waals surface area contributed by atoms with Crippen LogP contribution in [-0.2, 0) is 27.1 Å². The molecule has 0 bridgehead atoms. The Kier molecular flexibility index (Phi) is 7.08. The normalized spacial score (nSPS) is 14.6. The number of rotatable bonds is 6. The van der Waals surface area contributed by atoms with E-state index in [-0.39, 0.29) is 12.0 Å². The summed E-state index contributed by atoms with van der Waals surface area (Å²) in [6.07, 6.45) is 6.44. The van der Waals surface area contributed by atoms with Crippen LogP contribution in [0.5, 0.6) is 0 Å². The molecule has 1 N–H and O–H groups in total. The van der Waals surface area contributed by atoms with Gasteiger partial charge in [-0.25, -0.2) is 14.6 Å². The van der Waals surface area contributed by atoms with Crippen molar-refractivity contribution in [2.45, 2.75) is 58.0 Å². The molecular weight excluding hydrogens is 444 g/mol. The summed E-state index contributed by atoms with van der Waals surface area (Å²) in [5.41, 5.74) is 2.44. The predicted octanol–water partition coefficient (Wildman–Crippen LogP) is 4.91. The van der Waals surface area contributed by atoms with Gasteiger partial charge >= 0.3 is 11.9 Å². The van der Waals surface area contributed by atoms with Crippen LogP contribution in [0.3, 0.4) is 0 Å². The van der Waals surface area contributed by atoms with E-state index >= 15 is 0 Å². The van der Waals surface area contributed by atoms with Gasteiger partial charge in [0.25, 0.3) is 5.91 Å². The standard InChI is InChI=1S/C24H26N2O6S/c1-3-16(32-23(28)15-10-8-11-17-20(15)25-13-31-17)21(27)26-22-19(24(29)30-2)14-9-6-4-5-7-12-18(14)33-22/h8,10-11,13,16H,3-7,9,12H2,1-2H3,(H,26,27). The number of para-hydroxylation sites is 1. The lowest BCUT2D eigenvalue weighted by atomic mass is 9.96. The second kappa shape index (κ2) is 10.2. The Balaban J connectivity index is 1.56. The highest BCUT2D eigenvalue weighted by atomic mass is 32.1. The van der Waals surface area contributed by atoms with E-state index in [1.54, 1.807) is 25.1 Å². The van der Waals surface area contributed by atoms with Crippen LogP contribution in [0.15, 0.2) is 29.0 Å². The molecule has 1 unspecified atom stereocenters. The van der Waals surface area contributed by atoms with E-state index in [2.05, 4.69) is 10.3 Å². The lowest BCUT2D eigenvalue weighted by Gasteiger charge is -2.16. The molecule has 0 saturated carbocycles. The number of methoxy groups -OCH3 is 1. The van der Waals surface area contributed by atoms with Crippen LogP contribution in [0, 0.1) is 0 Å². The highest BCUT2D eigenvalue weighted by Crippen LogP contribution is 2.37. The molecule has 0 spiro atoms. The summed E-state index contributed by atoms with van der Waals surface area (Å²) in [6.45, 7) is 1.75. The first-order chi connectivity index (χ1) is 16.0. The van der Waals surface area contributed by atoms with E-state index in [0.29, 0.717) is 21.7 Å². The first kappa shape index (κ1) is 23.0. The van der Waals surface area contributed by atoms with Crippen molar-refractivity contribution in [2.24, 2.45) is 0 Å². The van der Waals surface area contributed by atoms with Crippen molar-refractivity contribution >= 4 is 45.3 Å². The van der Waals surface area contributed by atoms with E-state index in [1.165, 1.54) is 24.8 Å². The van der Waals surface area contributed by atoms with Crippen molar-refractivity contribution < 1.29 is 28.3 Å². The average Bonchev–Trinajstić information content (AvgIpc) is 3.41. The zero-order chi connectivity index (χ0) is 23.4. The number of aromatic nitrogens is 1. The van der Waals surface area contributed by atoms with Crippen molar-refractivity contribution in [3.8, 4) is 0 Å². The van der Waals surface area contributed by atoms with Gasteiger partial charge < -0.3 is 19.2 Å². The molecule has 0 fully saturated rings. The van der Waals surface area contributed by atoms with Gasteiger partial charge in [-0.3, -0.25) is 4.79 Å². The van der Waals surface area contributed by atoms with Gasteiger partial charge in [0, 0.05) is 4.88 Å². The number of carbonyl (C=O) groups is 3. The van der Waals surface area contributed by atoms with Gasteiger partial charge in [-0.2, -0.15) is 0 Å². The largest absolute Gasteiger partial charge is 0.465 e. The fourth-order valence-electron chi connectivity index (χ4n) is 4.08. The molecule has 1 atom stereocenters. The van der Waals surface area contributed by atoms with Crippen molar-refractivity contribution in [1.82, 2.24) is 4.98 Å². The van der Waals surface area contributed by atoms with Gasteiger partial charge in [-0.05, 0) is 49.8 Å². The number of thiophene rings is 1. The number of nitrogens with one attached hydrogen (secondary N) is 1.